The number of thiazole rings is 2. The molecule has 0 spiro atoms. The molecule has 16 heteroatoms. The van der Waals surface area contributed by atoms with E-state index < -0.39 is 54.1 Å². The van der Waals surface area contributed by atoms with E-state index in [4.69, 9.17) is 0 Å². The van der Waals surface area contributed by atoms with Gasteiger partial charge in [-0.05, 0) is 42.4 Å². The summed E-state index contributed by atoms with van der Waals surface area (Å²) in [6, 6.07) is 11.0. The molecule has 332 valence electrons. The second-order valence-electron chi connectivity index (χ2n) is 17.1. The van der Waals surface area contributed by atoms with E-state index in [2.05, 4.69) is 63.9 Å². The molecule has 6 amide bonds. The van der Waals surface area contributed by atoms with E-state index in [0.29, 0.717) is 5.69 Å². The number of carbonyl (C=O) groups excluding carboxylic acids is 4. The van der Waals surface area contributed by atoms with Crippen LogP contribution in [-0.4, -0.2) is 98.1 Å². The lowest BCUT2D eigenvalue weighted by Crippen LogP contribution is -2.58. The summed E-state index contributed by atoms with van der Waals surface area (Å²) >= 11 is 3.11. The Morgan fingerprint density at radius 2 is 1.13 bits per heavy atom. The number of hydrogen-bond donors (Lipinski definition) is 5. The van der Waals surface area contributed by atoms with Gasteiger partial charge in [-0.15, -0.1) is 22.7 Å². The summed E-state index contributed by atoms with van der Waals surface area (Å²) in [5.41, 5.74) is 3.13. The van der Waals surface area contributed by atoms with Gasteiger partial charge in [0.05, 0.1) is 46.6 Å². The van der Waals surface area contributed by atoms with Crippen LogP contribution in [0.2, 0.25) is 0 Å². The van der Waals surface area contributed by atoms with Gasteiger partial charge in [0, 0.05) is 61.0 Å². The van der Waals surface area contributed by atoms with E-state index in [0.717, 1.165) is 27.0 Å². The zero-order valence-electron chi connectivity index (χ0n) is 37.2. The van der Waals surface area contributed by atoms with Crippen molar-refractivity contribution >= 4 is 46.6 Å². The van der Waals surface area contributed by atoms with Crippen molar-refractivity contribution in [3.8, 4) is 0 Å². The minimum Gasteiger partial charge on any atom is -0.391 e. The maximum atomic E-state index is 14.1. The standard InChI is InChI=1S/C45H65N9O5S2/c1-27(2)38(51-44(58)53(9)23-34-25-60-42(48-34)29(5)6)40(56)47-33(21-32-18-14-15-19-46-32)22-37(55)36(20-31-16-12-11-13-17-31)50-41(57)39(28(3)4)52-45(59)54(10)24-35-26-61-43(49-35)30(7)8/h11-19,25-30,33,36-39,55H,20-24H2,1-10H3,(H,47,56)(H,50,57)(H,51,58)(H,52,59)/t33-,36-,37-,38?,39?/m0/s1. The Morgan fingerprint density at radius 1 is 0.639 bits per heavy atom. The summed E-state index contributed by atoms with van der Waals surface area (Å²) in [7, 11) is 3.33. The van der Waals surface area contributed by atoms with Crippen LogP contribution in [0.5, 0.6) is 0 Å². The monoisotopic (exact) mass is 875 g/mol. The molecule has 0 radical (unpaired) electrons. The Bertz CT molecular complexity index is 1990. The van der Waals surface area contributed by atoms with Crippen molar-refractivity contribution in [2.75, 3.05) is 14.1 Å². The van der Waals surface area contributed by atoms with Gasteiger partial charge in [-0.2, -0.15) is 0 Å². The second kappa shape index (κ2) is 23.3. The van der Waals surface area contributed by atoms with Gasteiger partial charge in [-0.25, -0.2) is 19.6 Å². The van der Waals surface area contributed by atoms with Crippen LogP contribution in [0.1, 0.15) is 106 Å². The molecule has 0 fully saturated rings. The Kier molecular flexibility index (Phi) is 18.6. The molecule has 2 unspecified atom stereocenters. The van der Waals surface area contributed by atoms with Crippen molar-refractivity contribution in [2.45, 2.75) is 130 Å². The number of nitrogens with zero attached hydrogens (tertiary/aromatic N) is 5. The average Bonchev–Trinajstić information content (AvgIpc) is 3.89. The molecular weight excluding hydrogens is 811 g/mol. The summed E-state index contributed by atoms with van der Waals surface area (Å²) in [6.07, 6.45) is 1.14. The minimum absolute atomic E-state index is 0.0498. The molecule has 0 saturated carbocycles. The predicted octanol–water partition coefficient (Wildman–Crippen LogP) is 6.48. The van der Waals surface area contributed by atoms with Gasteiger partial charge in [0.1, 0.15) is 12.1 Å². The summed E-state index contributed by atoms with van der Waals surface area (Å²) in [6.45, 7) is 16.3. The third kappa shape index (κ3) is 15.2. The van der Waals surface area contributed by atoms with Gasteiger partial charge in [-0.1, -0.05) is 91.8 Å². The highest BCUT2D eigenvalue weighted by Crippen LogP contribution is 2.22. The topological polar surface area (TPSA) is 182 Å². The predicted molar refractivity (Wildman–Crippen MR) is 242 cm³/mol. The van der Waals surface area contributed by atoms with Crippen molar-refractivity contribution in [1.82, 2.24) is 46.0 Å². The maximum absolute atomic E-state index is 14.1. The quantitative estimate of drug-likeness (QED) is 0.0631. The molecule has 0 bridgehead atoms. The highest BCUT2D eigenvalue weighted by atomic mass is 32.1. The zero-order valence-corrected chi connectivity index (χ0v) is 38.8. The number of nitrogens with one attached hydrogen (secondary N) is 4. The average molecular weight is 876 g/mol. The molecule has 1 aromatic carbocycles. The first kappa shape index (κ1) is 48.7. The van der Waals surface area contributed by atoms with Crippen molar-refractivity contribution in [3.05, 3.63) is 98.1 Å². The summed E-state index contributed by atoms with van der Waals surface area (Å²) in [5.74, 6) is -0.837. The zero-order chi connectivity index (χ0) is 44.8. The van der Waals surface area contributed by atoms with Crippen molar-refractivity contribution in [1.29, 1.82) is 0 Å². The molecule has 0 aliphatic carbocycles. The van der Waals surface area contributed by atoms with Crippen molar-refractivity contribution in [2.24, 2.45) is 11.8 Å². The number of rotatable bonds is 21. The van der Waals surface area contributed by atoms with E-state index in [1.54, 1.807) is 49.0 Å². The number of aliphatic hydroxyl groups excluding tert-OH is 1. The molecule has 4 rings (SSSR count). The van der Waals surface area contributed by atoms with Crippen LogP contribution < -0.4 is 21.3 Å². The third-order valence-electron chi connectivity index (χ3n) is 10.2. The van der Waals surface area contributed by atoms with Crippen LogP contribution in [0.25, 0.3) is 0 Å². The van der Waals surface area contributed by atoms with E-state index in [-0.39, 0.29) is 56.0 Å². The lowest BCUT2D eigenvalue weighted by Gasteiger charge is -2.32. The summed E-state index contributed by atoms with van der Waals surface area (Å²) in [4.78, 5) is 71.8. The van der Waals surface area contributed by atoms with E-state index in [1.165, 1.54) is 9.80 Å². The smallest absolute Gasteiger partial charge is 0.318 e. The lowest BCUT2D eigenvalue weighted by molar-refractivity contribution is -0.126. The van der Waals surface area contributed by atoms with Crippen LogP contribution >= 0.6 is 22.7 Å². The van der Waals surface area contributed by atoms with Gasteiger partial charge in [0.2, 0.25) is 11.8 Å². The molecule has 5 atom stereocenters. The minimum atomic E-state index is -1.14. The number of benzene rings is 1. The van der Waals surface area contributed by atoms with E-state index >= 15 is 0 Å². The first-order chi connectivity index (χ1) is 28.9. The highest BCUT2D eigenvalue weighted by Gasteiger charge is 2.33. The summed E-state index contributed by atoms with van der Waals surface area (Å²) in [5, 5.41) is 29.9. The molecule has 0 aliphatic heterocycles. The maximum Gasteiger partial charge on any atom is 0.318 e. The van der Waals surface area contributed by atoms with Gasteiger partial charge in [-0.3, -0.25) is 14.6 Å². The number of urea groups is 2. The Hall–Kier alpha value is -4.93. The fourth-order valence-corrected chi connectivity index (χ4v) is 8.29. The number of aliphatic hydroxyl groups is 1. The van der Waals surface area contributed by atoms with Gasteiger partial charge in [0.25, 0.3) is 0 Å². The van der Waals surface area contributed by atoms with Crippen LogP contribution in [-0.2, 0) is 35.5 Å². The van der Waals surface area contributed by atoms with E-state index in [1.807, 2.05) is 80.9 Å². The number of pyridine rings is 1. The van der Waals surface area contributed by atoms with Crippen molar-refractivity contribution in [3.63, 3.8) is 0 Å². The lowest BCUT2D eigenvalue weighted by atomic mass is 9.93. The van der Waals surface area contributed by atoms with Crippen molar-refractivity contribution < 1.29 is 24.3 Å². The van der Waals surface area contributed by atoms with Gasteiger partial charge < -0.3 is 36.2 Å². The Balaban J connectivity index is 1.51. The fraction of sp³-hybridized carbons (Fsp3) is 0.533. The largest absolute Gasteiger partial charge is 0.391 e. The van der Waals surface area contributed by atoms with Crippen LogP contribution in [0, 0.1) is 11.8 Å². The van der Waals surface area contributed by atoms with Crippen LogP contribution in [0.3, 0.4) is 0 Å². The SMILES string of the molecule is CC(C)c1nc(CN(C)C(=O)NC(C(=O)N[C@@H](Cc2ccccn2)C[C@H](O)[C@H](Cc2ccccc2)NC(=O)C(NC(=O)N(C)Cc2csc(C(C)C)n2)C(C)C)C(C)C)cs1. The molecule has 3 heterocycles. The Morgan fingerprint density at radius 3 is 1.57 bits per heavy atom. The molecular formula is C45H65N9O5S2. The molecule has 0 saturated heterocycles. The van der Waals surface area contributed by atoms with Gasteiger partial charge >= 0.3 is 12.1 Å². The van der Waals surface area contributed by atoms with Gasteiger partial charge in [0.15, 0.2) is 0 Å². The molecule has 3 aromatic heterocycles. The number of amides is 6. The van der Waals surface area contributed by atoms with Crippen LogP contribution in [0.15, 0.2) is 65.5 Å². The molecule has 0 aliphatic rings. The molecule has 14 nitrogen and oxygen atoms in total. The normalized spacial score (nSPS) is 14.0. The molecule has 61 heavy (non-hydrogen) atoms. The Labute approximate surface area is 369 Å². The fourth-order valence-electron chi connectivity index (χ4n) is 6.64. The first-order valence-corrected chi connectivity index (χ1v) is 22.8. The van der Waals surface area contributed by atoms with E-state index in [9.17, 15) is 24.3 Å². The molecule has 4 aromatic rings. The number of hydrogen-bond acceptors (Lipinski definition) is 10. The second-order valence-corrected chi connectivity index (χ2v) is 18.8. The highest BCUT2D eigenvalue weighted by molar-refractivity contribution is 7.10. The molecule has 5 N–H and O–H groups in total. The van der Waals surface area contributed by atoms with Crippen LogP contribution in [0.4, 0.5) is 9.59 Å². The summed E-state index contributed by atoms with van der Waals surface area (Å²) < 4.78 is 0. The third-order valence-corrected chi connectivity index (χ3v) is 12.6. The first-order valence-electron chi connectivity index (χ1n) is 21.1. The number of aromatic nitrogens is 3. The number of carbonyl (C=O) groups is 4.